The van der Waals surface area contributed by atoms with Crippen LogP contribution in [0, 0.1) is 0 Å². The number of benzene rings is 2. The van der Waals surface area contributed by atoms with Crippen LogP contribution in [0.15, 0.2) is 53.0 Å². The van der Waals surface area contributed by atoms with Crippen molar-refractivity contribution >= 4 is 33.3 Å². The number of rotatable bonds is 11. The van der Waals surface area contributed by atoms with Gasteiger partial charge in [0, 0.05) is 15.6 Å². The van der Waals surface area contributed by atoms with Gasteiger partial charge in [-0.1, -0.05) is 73.0 Å². The summed E-state index contributed by atoms with van der Waals surface area (Å²) in [5.74, 6) is -0.192. The van der Waals surface area contributed by atoms with Crippen LogP contribution in [0.4, 0.5) is 5.69 Å². The van der Waals surface area contributed by atoms with Crippen molar-refractivity contribution in [3.8, 4) is 0 Å². The van der Waals surface area contributed by atoms with Gasteiger partial charge in [0.25, 0.3) is 0 Å². The third-order valence-electron chi connectivity index (χ3n) is 4.56. The summed E-state index contributed by atoms with van der Waals surface area (Å²) in [7, 11) is 0. The molecule has 2 aromatic carbocycles. The van der Waals surface area contributed by atoms with Crippen LogP contribution >= 0.6 is 15.9 Å². The van der Waals surface area contributed by atoms with Gasteiger partial charge in [-0.2, -0.15) is 0 Å². The first-order valence-electron chi connectivity index (χ1n) is 9.96. The van der Waals surface area contributed by atoms with Crippen molar-refractivity contribution in [3.63, 3.8) is 0 Å². The van der Waals surface area contributed by atoms with Gasteiger partial charge in [-0.3, -0.25) is 14.5 Å². The molecular formula is C23H29BrN2O2. The molecule has 0 aliphatic rings. The molecule has 0 aliphatic carbocycles. The molecule has 5 heteroatoms. The first kappa shape index (κ1) is 22.3. The van der Waals surface area contributed by atoms with Crippen molar-refractivity contribution in [2.24, 2.45) is 0 Å². The van der Waals surface area contributed by atoms with E-state index in [-0.39, 0.29) is 11.7 Å². The summed E-state index contributed by atoms with van der Waals surface area (Å²) < 4.78 is 0.803. The van der Waals surface area contributed by atoms with Gasteiger partial charge in [0.15, 0.2) is 5.78 Å². The van der Waals surface area contributed by atoms with Crippen LogP contribution in [0.5, 0.6) is 0 Å². The van der Waals surface area contributed by atoms with E-state index in [9.17, 15) is 9.59 Å². The number of hydrogen-bond acceptors (Lipinski definition) is 3. The number of carbonyl (C=O) groups excluding carboxylic acids is 2. The Morgan fingerprint density at radius 3 is 2.21 bits per heavy atom. The number of carbonyl (C=O) groups is 2. The summed E-state index contributed by atoms with van der Waals surface area (Å²) in [5, 5.41) is 2.95. The van der Waals surface area contributed by atoms with Gasteiger partial charge in [0.05, 0.1) is 12.2 Å². The largest absolute Gasteiger partial charge is 0.324 e. The van der Waals surface area contributed by atoms with E-state index in [4.69, 9.17) is 0 Å². The molecule has 0 saturated carbocycles. The van der Waals surface area contributed by atoms with E-state index in [1.165, 1.54) is 0 Å². The Morgan fingerprint density at radius 2 is 1.61 bits per heavy atom. The predicted molar refractivity (Wildman–Crippen MR) is 119 cm³/mol. The lowest BCUT2D eigenvalue weighted by Crippen LogP contribution is -2.35. The molecule has 0 radical (unpaired) electrons. The van der Waals surface area contributed by atoms with E-state index in [1.807, 2.05) is 24.3 Å². The minimum Gasteiger partial charge on any atom is -0.324 e. The highest BCUT2D eigenvalue weighted by Crippen LogP contribution is 2.24. The topological polar surface area (TPSA) is 49.4 Å². The van der Waals surface area contributed by atoms with Gasteiger partial charge in [-0.05, 0) is 44.1 Å². The van der Waals surface area contributed by atoms with Crippen LogP contribution in [-0.4, -0.2) is 36.2 Å². The summed E-state index contributed by atoms with van der Waals surface area (Å²) in [4.78, 5) is 27.8. The second kappa shape index (κ2) is 11.8. The van der Waals surface area contributed by atoms with Gasteiger partial charge in [-0.15, -0.1) is 0 Å². The fourth-order valence-corrected chi connectivity index (χ4v) is 3.35. The molecule has 0 aromatic heterocycles. The quantitative estimate of drug-likeness (QED) is 0.464. The molecule has 0 heterocycles. The molecule has 150 valence electrons. The van der Waals surface area contributed by atoms with Gasteiger partial charge in [0.1, 0.15) is 0 Å². The Kier molecular flexibility index (Phi) is 9.38. The summed E-state index contributed by atoms with van der Waals surface area (Å²) >= 11 is 3.43. The molecule has 4 nitrogen and oxygen atoms in total. The van der Waals surface area contributed by atoms with Crippen LogP contribution in [-0.2, 0) is 4.79 Å². The van der Waals surface area contributed by atoms with Crippen molar-refractivity contribution < 1.29 is 9.59 Å². The molecule has 1 N–H and O–H groups in total. The standard InChI is InChI=1S/C23H29BrN2O2/c1-3-5-14-26(15-6-4-2)17-22(27)25-21-13-12-19(24)16-20(21)23(28)18-10-8-7-9-11-18/h7-13,16H,3-6,14-15,17H2,1-2H3,(H,25,27). The van der Waals surface area contributed by atoms with E-state index in [0.29, 0.717) is 23.4 Å². The average molecular weight is 445 g/mol. The molecule has 28 heavy (non-hydrogen) atoms. The third-order valence-corrected chi connectivity index (χ3v) is 5.05. The predicted octanol–water partition coefficient (Wildman–Crippen LogP) is 5.52. The molecule has 0 spiro atoms. The molecular weight excluding hydrogens is 416 g/mol. The van der Waals surface area contributed by atoms with E-state index >= 15 is 0 Å². The number of unbranched alkanes of at least 4 members (excludes halogenated alkanes) is 2. The minimum atomic E-state index is -0.106. The van der Waals surface area contributed by atoms with E-state index in [0.717, 1.165) is 43.2 Å². The fourth-order valence-electron chi connectivity index (χ4n) is 2.98. The zero-order valence-corrected chi connectivity index (χ0v) is 18.3. The Hall–Kier alpha value is -1.98. The smallest absolute Gasteiger partial charge is 0.238 e. The highest BCUT2D eigenvalue weighted by Gasteiger charge is 2.17. The maximum atomic E-state index is 12.9. The zero-order chi connectivity index (χ0) is 20.4. The second-order valence-electron chi connectivity index (χ2n) is 6.92. The Bertz CT molecular complexity index is 769. The lowest BCUT2D eigenvalue weighted by Gasteiger charge is -2.21. The van der Waals surface area contributed by atoms with E-state index < -0.39 is 0 Å². The normalized spacial score (nSPS) is 10.9. The monoisotopic (exact) mass is 444 g/mol. The molecule has 0 bridgehead atoms. The molecule has 0 atom stereocenters. The summed E-state index contributed by atoms with van der Waals surface area (Å²) in [6.07, 6.45) is 4.36. The number of anilines is 1. The maximum Gasteiger partial charge on any atom is 0.238 e. The number of hydrogen-bond donors (Lipinski definition) is 1. The number of halogens is 1. The number of amides is 1. The van der Waals surface area contributed by atoms with Crippen molar-refractivity contribution in [2.45, 2.75) is 39.5 Å². The number of ketones is 1. The van der Waals surface area contributed by atoms with Crippen LogP contribution in [0.2, 0.25) is 0 Å². The van der Waals surface area contributed by atoms with E-state index in [1.54, 1.807) is 24.3 Å². The molecule has 0 unspecified atom stereocenters. The highest BCUT2D eigenvalue weighted by atomic mass is 79.9. The first-order valence-corrected chi connectivity index (χ1v) is 10.8. The second-order valence-corrected chi connectivity index (χ2v) is 7.83. The molecule has 1 amide bonds. The van der Waals surface area contributed by atoms with Gasteiger partial charge in [-0.25, -0.2) is 0 Å². The lowest BCUT2D eigenvalue weighted by molar-refractivity contribution is -0.117. The highest BCUT2D eigenvalue weighted by molar-refractivity contribution is 9.10. The summed E-state index contributed by atoms with van der Waals surface area (Å²) in [6, 6.07) is 14.5. The average Bonchev–Trinajstić information content (AvgIpc) is 2.71. The SMILES string of the molecule is CCCCN(CCCC)CC(=O)Nc1ccc(Br)cc1C(=O)c1ccccc1. The molecule has 0 fully saturated rings. The fraction of sp³-hybridized carbons (Fsp3) is 0.391. The number of nitrogens with one attached hydrogen (secondary N) is 1. The van der Waals surface area contributed by atoms with Crippen LogP contribution in [0.3, 0.4) is 0 Å². The van der Waals surface area contributed by atoms with Crippen LogP contribution in [0.1, 0.15) is 55.5 Å². The van der Waals surface area contributed by atoms with Crippen molar-refractivity contribution in [1.82, 2.24) is 4.90 Å². The third kappa shape index (κ3) is 6.88. The van der Waals surface area contributed by atoms with Crippen LogP contribution in [0.25, 0.3) is 0 Å². The van der Waals surface area contributed by atoms with Crippen molar-refractivity contribution in [3.05, 3.63) is 64.1 Å². The summed E-state index contributed by atoms with van der Waals surface area (Å²) in [6.45, 7) is 6.48. The first-order chi connectivity index (χ1) is 13.5. The Balaban J connectivity index is 2.14. The van der Waals surface area contributed by atoms with Crippen molar-refractivity contribution in [2.75, 3.05) is 25.0 Å². The van der Waals surface area contributed by atoms with Gasteiger partial charge < -0.3 is 5.32 Å². The van der Waals surface area contributed by atoms with Gasteiger partial charge in [0.2, 0.25) is 5.91 Å². The van der Waals surface area contributed by atoms with Crippen LogP contribution < -0.4 is 5.32 Å². The Labute approximate surface area is 176 Å². The molecule has 0 saturated heterocycles. The maximum absolute atomic E-state index is 12.9. The molecule has 2 rings (SSSR count). The molecule has 0 aliphatic heterocycles. The van der Waals surface area contributed by atoms with E-state index in [2.05, 4.69) is 40.0 Å². The lowest BCUT2D eigenvalue weighted by atomic mass is 10.0. The zero-order valence-electron chi connectivity index (χ0n) is 16.7. The van der Waals surface area contributed by atoms with Crippen molar-refractivity contribution in [1.29, 1.82) is 0 Å². The van der Waals surface area contributed by atoms with Gasteiger partial charge >= 0.3 is 0 Å². The number of nitrogens with zero attached hydrogens (tertiary/aromatic N) is 1. The summed E-state index contributed by atoms with van der Waals surface area (Å²) in [5.41, 5.74) is 1.64. The Morgan fingerprint density at radius 1 is 0.964 bits per heavy atom. The minimum absolute atomic E-state index is 0.0864. The molecule has 2 aromatic rings.